The van der Waals surface area contributed by atoms with Crippen molar-refractivity contribution in [1.82, 2.24) is 10.3 Å². The van der Waals surface area contributed by atoms with Crippen LogP contribution in [0.3, 0.4) is 0 Å². The Hall–Kier alpha value is -2.15. The van der Waals surface area contributed by atoms with Gasteiger partial charge in [0, 0.05) is 13.1 Å². The van der Waals surface area contributed by atoms with Crippen molar-refractivity contribution >= 4 is 28.8 Å². The van der Waals surface area contributed by atoms with E-state index in [1.54, 1.807) is 6.07 Å². The largest absolute Gasteiger partial charge is 0.378 e. The van der Waals surface area contributed by atoms with E-state index < -0.39 is 0 Å². The van der Waals surface area contributed by atoms with Gasteiger partial charge in [0.2, 0.25) is 6.41 Å². The minimum Gasteiger partial charge on any atom is -0.378 e. The highest BCUT2D eigenvalue weighted by atomic mass is 16.6. The molecular weight excluding hydrogens is 236 g/mol. The summed E-state index contributed by atoms with van der Waals surface area (Å²) in [5, 5.41) is 10.3. The Morgan fingerprint density at radius 1 is 1.22 bits per heavy atom. The Kier molecular flexibility index (Phi) is 2.81. The predicted molar refractivity (Wildman–Crippen MR) is 64.5 cm³/mol. The van der Waals surface area contributed by atoms with Crippen LogP contribution in [0.25, 0.3) is 11.0 Å². The number of carbonyl (C=O) groups excluding carboxylic acids is 1. The topological polar surface area (TPSA) is 80.5 Å². The van der Waals surface area contributed by atoms with Gasteiger partial charge in [0.15, 0.2) is 11.0 Å². The van der Waals surface area contributed by atoms with Crippen LogP contribution in [0.4, 0.5) is 11.4 Å². The molecule has 7 heteroatoms. The van der Waals surface area contributed by atoms with Crippen molar-refractivity contribution in [3.8, 4) is 0 Å². The average molecular weight is 248 g/mol. The molecule has 0 unspecified atom stereocenters. The Bertz CT molecular complexity index is 562. The maximum Gasteiger partial charge on any atom is 0.211 e. The number of nitrogens with one attached hydrogen (secondary N) is 1. The molecule has 1 aliphatic heterocycles. The van der Waals surface area contributed by atoms with Gasteiger partial charge in [-0.1, -0.05) is 0 Å². The molecule has 2 heterocycles. The number of ether oxygens (including phenoxy) is 1. The molecule has 3 rings (SSSR count). The summed E-state index contributed by atoms with van der Waals surface area (Å²) in [4.78, 5) is 12.7. The molecule has 2 aromatic rings. The van der Waals surface area contributed by atoms with Crippen LogP contribution in [0.2, 0.25) is 0 Å². The molecule has 1 aromatic carbocycles. The summed E-state index contributed by atoms with van der Waals surface area (Å²) in [6.07, 6.45) is 0.609. The molecule has 0 aliphatic carbocycles. The molecule has 1 aromatic heterocycles. The molecule has 1 fully saturated rings. The van der Waals surface area contributed by atoms with Crippen molar-refractivity contribution in [2.45, 2.75) is 0 Å². The lowest BCUT2D eigenvalue weighted by Gasteiger charge is -2.28. The molecule has 0 atom stereocenters. The van der Waals surface area contributed by atoms with Crippen LogP contribution in [0, 0.1) is 0 Å². The molecule has 0 saturated carbocycles. The second-order valence-electron chi connectivity index (χ2n) is 3.96. The second-order valence-corrected chi connectivity index (χ2v) is 3.96. The van der Waals surface area contributed by atoms with Crippen molar-refractivity contribution in [3.05, 3.63) is 12.1 Å². The van der Waals surface area contributed by atoms with Crippen LogP contribution in [0.15, 0.2) is 16.8 Å². The van der Waals surface area contributed by atoms with E-state index in [1.807, 2.05) is 6.07 Å². The van der Waals surface area contributed by atoms with Gasteiger partial charge in [-0.25, -0.2) is 4.63 Å². The molecule has 1 amide bonds. The summed E-state index contributed by atoms with van der Waals surface area (Å²) in [6.45, 7) is 3.01. The molecule has 94 valence electrons. The van der Waals surface area contributed by atoms with Gasteiger partial charge < -0.3 is 15.0 Å². The van der Waals surface area contributed by atoms with Gasteiger partial charge in [-0.15, -0.1) is 0 Å². The highest BCUT2D eigenvalue weighted by molar-refractivity contribution is 5.98. The van der Waals surface area contributed by atoms with E-state index >= 15 is 0 Å². The van der Waals surface area contributed by atoms with Crippen LogP contribution in [-0.4, -0.2) is 43.0 Å². The number of nitrogens with zero attached hydrogens (tertiary/aromatic N) is 3. The number of aromatic nitrogens is 2. The normalized spacial score (nSPS) is 15.9. The third-order valence-electron chi connectivity index (χ3n) is 2.96. The molecular formula is C11H12N4O3. The van der Waals surface area contributed by atoms with Gasteiger partial charge in [-0.05, 0) is 22.4 Å². The van der Waals surface area contributed by atoms with Crippen LogP contribution < -0.4 is 10.2 Å². The number of carbonyl (C=O) groups is 1. The van der Waals surface area contributed by atoms with Crippen molar-refractivity contribution in [2.75, 3.05) is 36.5 Å². The molecule has 1 saturated heterocycles. The Labute approximate surface area is 103 Å². The van der Waals surface area contributed by atoms with Crippen LogP contribution >= 0.6 is 0 Å². The minimum absolute atomic E-state index is 0.561. The van der Waals surface area contributed by atoms with Gasteiger partial charge in [0.25, 0.3) is 0 Å². The second kappa shape index (κ2) is 4.61. The highest BCUT2D eigenvalue weighted by Crippen LogP contribution is 2.30. The standard InChI is InChI=1S/C11H12N4O3/c16-7-12-8-1-2-9(11-10(8)13-18-14-11)15-3-5-17-6-4-15/h1-2,7H,3-6H2,(H,12,16). The summed E-state index contributed by atoms with van der Waals surface area (Å²) in [5.74, 6) is 0. The molecule has 1 N–H and O–H groups in total. The summed E-state index contributed by atoms with van der Waals surface area (Å²) in [6, 6.07) is 3.70. The third kappa shape index (κ3) is 1.78. The highest BCUT2D eigenvalue weighted by Gasteiger charge is 2.18. The first kappa shape index (κ1) is 11.0. The molecule has 0 spiro atoms. The van der Waals surface area contributed by atoms with E-state index in [0.29, 0.717) is 36.3 Å². The zero-order valence-electron chi connectivity index (χ0n) is 9.63. The number of rotatable bonds is 3. The predicted octanol–water partition coefficient (Wildman–Crippen LogP) is 0.628. The van der Waals surface area contributed by atoms with E-state index in [2.05, 4.69) is 20.5 Å². The summed E-state index contributed by atoms with van der Waals surface area (Å²) < 4.78 is 10.1. The van der Waals surface area contributed by atoms with Crippen LogP contribution in [0.1, 0.15) is 0 Å². The number of morpholine rings is 1. The average Bonchev–Trinajstić information content (AvgIpc) is 2.90. The Balaban J connectivity index is 2.04. The monoisotopic (exact) mass is 248 g/mol. The Morgan fingerprint density at radius 2 is 2.00 bits per heavy atom. The van der Waals surface area contributed by atoms with Crippen molar-refractivity contribution in [3.63, 3.8) is 0 Å². The zero-order chi connectivity index (χ0) is 12.4. The van der Waals surface area contributed by atoms with Gasteiger partial charge in [0.1, 0.15) is 0 Å². The summed E-state index contributed by atoms with van der Waals surface area (Å²) >= 11 is 0. The van der Waals surface area contributed by atoms with Crippen molar-refractivity contribution in [2.24, 2.45) is 0 Å². The zero-order valence-corrected chi connectivity index (χ0v) is 9.63. The lowest BCUT2D eigenvalue weighted by molar-refractivity contribution is -0.105. The molecule has 7 nitrogen and oxygen atoms in total. The first-order valence-corrected chi connectivity index (χ1v) is 5.68. The number of benzene rings is 1. The fourth-order valence-electron chi connectivity index (χ4n) is 2.09. The fraction of sp³-hybridized carbons (Fsp3) is 0.364. The van der Waals surface area contributed by atoms with Crippen LogP contribution in [0.5, 0.6) is 0 Å². The Morgan fingerprint density at radius 3 is 2.78 bits per heavy atom. The van der Waals surface area contributed by atoms with E-state index in [9.17, 15) is 4.79 Å². The first-order valence-electron chi connectivity index (χ1n) is 5.68. The quantitative estimate of drug-likeness (QED) is 0.802. The maximum absolute atomic E-state index is 10.5. The fourth-order valence-corrected chi connectivity index (χ4v) is 2.09. The molecule has 0 bridgehead atoms. The smallest absolute Gasteiger partial charge is 0.211 e. The summed E-state index contributed by atoms with van der Waals surface area (Å²) in [5.41, 5.74) is 2.76. The lowest BCUT2D eigenvalue weighted by atomic mass is 10.2. The molecule has 1 aliphatic rings. The molecule has 18 heavy (non-hydrogen) atoms. The maximum atomic E-state index is 10.5. The third-order valence-corrected chi connectivity index (χ3v) is 2.96. The van der Waals surface area contributed by atoms with E-state index in [1.165, 1.54) is 0 Å². The van der Waals surface area contributed by atoms with E-state index in [0.717, 1.165) is 18.8 Å². The lowest BCUT2D eigenvalue weighted by Crippen LogP contribution is -2.36. The van der Waals surface area contributed by atoms with Gasteiger partial charge in [0.05, 0.1) is 24.6 Å². The van der Waals surface area contributed by atoms with E-state index in [-0.39, 0.29) is 0 Å². The minimum atomic E-state index is 0.561. The number of anilines is 2. The number of amides is 1. The number of hydrogen-bond donors (Lipinski definition) is 1. The SMILES string of the molecule is O=CNc1ccc(N2CCOCC2)c2nonc12. The van der Waals surface area contributed by atoms with Gasteiger partial charge in [-0.2, -0.15) is 0 Å². The van der Waals surface area contributed by atoms with Gasteiger partial charge >= 0.3 is 0 Å². The molecule has 0 radical (unpaired) electrons. The van der Waals surface area contributed by atoms with Crippen molar-refractivity contribution in [1.29, 1.82) is 0 Å². The van der Waals surface area contributed by atoms with Gasteiger partial charge in [-0.3, -0.25) is 4.79 Å². The van der Waals surface area contributed by atoms with Crippen molar-refractivity contribution < 1.29 is 14.2 Å². The van der Waals surface area contributed by atoms with E-state index in [4.69, 9.17) is 9.37 Å². The number of fused-ring (bicyclic) bond motifs is 1. The first-order chi connectivity index (χ1) is 8.90. The van der Waals surface area contributed by atoms with Crippen LogP contribution in [-0.2, 0) is 9.53 Å². The summed E-state index contributed by atoms with van der Waals surface area (Å²) in [7, 11) is 0. The number of hydrogen-bond acceptors (Lipinski definition) is 6.